The first-order valence-corrected chi connectivity index (χ1v) is 19.0. The van der Waals surface area contributed by atoms with Gasteiger partial charge in [-0.2, -0.15) is 0 Å². The molecule has 0 aliphatic heterocycles. The van der Waals surface area contributed by atoms with Crippen LogP contribution < -0.4 is 11.1 Å². The molecule has 0 fully saturated rings. The summed E-state index contributed by atoms with van der Waals surface area (Å²) in [6.45, 7) is 4.82. The Labute approximate surface area is 277 Å². The molecule has 0 spiro atoms. The molecule has 7 nitrogen and oxygen atoms in total. The van der Waals surface area contributed by atoms with Gasteiger partial charge in [0.1, 0.15) is 12.1 Å². The fraction of sp³-hybridized carbons (Fsp3) is 0.868. The molecule has 7 heteroatoms. The molecule has 2 atom stereocenters. The summed E-state index contributed by atoms with van der Waals surface area (Å²) in [5, 5.41) is 11.8. The van der Waals surface area contributed by atoms with Crippen molar-refractivity contribution in [2.75, 3.05) is 6.54 Å². The maximum absolute atomic E-state index is 12.5. The van der Waals surface area contributed by atoms with Crippen molar-refractivity contribution < 1.29 is 24.2 Å². The number of nitrogens with one attached hydrogen (secondary N) is 1. The second-order valence-corrected chi connectivity index (χ2v) is 13.0. The van der Waals surface area contributed by atoms with Gasteiger partial charge in [-0.05, 0) is 57.6 Å². The Morgan fingerprint density at radius 1 is 0.644 bits per heavy atom. The normalized spacial score (nSPS) is 12.8. The molecule has 0 radical (unpaired) electrons. The predicted molar refractivity (Wildman–Crippen MR) is 188 cm³/mol. The summed E-state index contributed by atoms with van der Waals surface area (Å²) in [5.41, 5.74) is 5.45. The van der Waals surface area contributed by atoms with Crippen LogP contribution in [0.5, 0.6) is 0 Å². The third-order valence-electron chi connectivity index (χ3n) is 8.55. The Hall–Kier alpha value is -1.89. The Morgan fingerprint density at radius 3 is 1.62 bits per heavy atom. The number of hydrogen-bond acceptors (Lipinski definition) is 5. The van der Waals surface area contributed by atoms with Crippen molar-refractivity contribution >= 4 is 17.8 Å². The second kappa shape index (κ2) is 33.5. The highest BCUT2D eigenvalue weighted by Gasteiger charge is 2.19. The second-order valence-electron chi connectivity index (χ2n) is 13.0. The van der Waals surface area contributed by atoms with Crippen molar-refractivity contribution in [2.45, 2.75) is 206 Å². The lowest BCUT2D eigenvalue weighted by Crippen LogP contribution is -2.40. The molecule has 45 heavy (non-hydrogen) atoms. The molecular formula is C38H72N2O5. The summed E-state index contributed by atoms with van der Waals surface area (Å²) in [7, 11) is 0. The van der Waals surface area contributed by atoms with Crippen LogP contribution in [0.1, 0.15) is 194 Å². The van der Waals surface area contributed by atoms with Gasteiger partial charge in [-0.3, -0.25) is 9.59 Å². The van der Waals surface area contributed by atoms with Crippen molar-refractivity contribution in [1.29, 1.82) is 0 Å². The minimum Gasteiger partial charge on any atom is -0.480 e. The molecule has 0 saturated heterocycles. The van der Waals surface area contributed by atoms with Crippen LogP contribution in [-0.2, 0) is 19.1 Å². The molecule has 0 aliphatic rings. The fourth-order valence-electron chi connectivity index (χ4n) is 5.66. The molecule has 2 unspecified atom stereocenters. The van der Waals surface area contributed by atoms with E-state index >= 15 is 0 Å². The number of unbranched alkanes of at least 4 members (excludes halogenated alkanes) is 20. The van der Waals surface area contributed by atoms with E-state index in [1.165, 1.54) is 96.3 Å². The van der Waals surface area contributed by atoms with Gasteiger partial charge < -0.3 is 20.9 Å². The number of allylic oxidation sites excluding steroid dienone is 1. The smallest absolute Gasteiger partial charge is 0.326 e. The Morgan fingerprint density at radius 2 is 1.13 bits per heavy atom. The van der Waals surface area contributed by atoms with Gasteiger partial charge in [0, 0.05) is 12.8 Å². The number of hydrogen-bond donors (Lipinski definition) is 3. The van der Waals surface area contributed by atoms with Crippen LogP contribution in [0.15, 0.2) is 12.2 Å². The monoisotopic (exact) mass is 637 g/mol. The molecular weight excluding hydrogens is 564 g/mol. The first kappa shape index (κ1) is 43.1. The summed E-state index contributed by atoms with van der Waals surface area (Å²) in [6, 6.07) is -0.865. The minimum atomic E-state index is -1.02. The van der Waals surface area contributed by atoms with E-state index < -0.39 is 12.0 Å². The summed E-state index contributed by atoms with van der Waals surface area (Å²) < 4.78 is 5.81. The standard InChI is InChI=1S/C38H72N2O5/c1-3-5-7-8-9-10-11-12-13-14-15-16-17-18-19-20-26-32-37(42)45-34(28-23-6-4-2)29-24-21-22-25-31-36(41)40-35(38(43)44)30-27-33-39/h23,28,34-35H,3-22,24-27,29-33,39H2,1-2H3,(H,40,41)(H,43,44)/b28-23-. The Balaban J connectivity index is 3.91. The van der Waals surface area contributed by atoms with E-state index in [2.05, 4.69) is 25.2 Å². The van der Waals surface area contributed by atoms with E-state index in [1.807, 2.05) is 6.08 Å². The number of carboxylic acids is 1. The number of carbonyl (C=O) groups excluding carboxylic acids is 2. The number of amides is 1. The first-order chi connectivity index (χ1) is 21.9. The summed E-state index contributed by atoms with van der Waals surface area (Å²) in [6.07, 6.45) is 34.5. The van der Waals surface area contributed by atoms with Crippen molar-refractivity contribution in [1.82, 2.24) is 5.32 Å². The predicted octanol–water partition coefficient (Wildman–Crippen LogP) is 9.95. The SMILES string of the molecule is CCC/C=C\C(CCCCCCC(=O)NC(CCCN)C(=O)O)OC(=O)CCCCCCCCCCCCCCCCCCC. The highest BCUT2D eigenvalue weighted by molar-refractivity contribution is 5.83. The average Bonchev–Trinajstić information content (AvgIpc) is 3.02. The minimum absolute atomic E-state index is 0.0959. The van der Waals surface area contributed by atoms with Gasteiger partial charge in [0.15, 0.2) is 0 Å². The lowest BCUT2D eigenvalue weighted by molar-refractivity contribution is -0.147. The maximum atomic E-state index is 12.5. The number of rotatable bonds is 34. The summed E-state index contributed by atoms with van der Waals surface area (Å²) in [5.74, 6) is -1.34. The number of esters is 1. The van der Waals surface area contributed by atoms with Crippen LogP contribution in [0, 0.1) is 0 Å². The molecule has 0 aromatic heterocycles. The molecule has 0 heterocycles. The topological polar surface area (TPSA) is 119 Å². The molecule has 0 aliphatic carbocycles. The van der Waals surface area contributed by atoms with Crippen LogP contribution in [0.2, 0.25) is 0 Å². The van der Waals surface area contributed by atoms with Gasteiger partial charge in [0.25, 0.3) is 0 Å². The van der Waals surface area contributed by atoms with E-state index in [-0.39, 0.29) is 18.0 Å². The largest absolute Gasteiger partial charge is 0.480 e. The Bertz CT molecular complexity index is 727. The number of ether oxygens (including phenoxy) is 1. The first-order valence-electron chi connectivity index (χ1n) is 19.0. The molecule has 0 bridgehead atoms. The molecule has 264 valence electrons. The molecule has 0 aromatic carbocycles. The number of carbonyl (C=O) groups is 3. The van der Waals surface area contributed by atoms with E-state index in [9.17, 15) is 19.5 Å². The van der Waals surface area contributed by atoms with Crippen LogP contribution in [0.25, 0.3) is 0 Å². The highest BCUT2D eigenvalue weighted by atomic mass is 16.5. The zero-order chi connectivity index (χ0) is 33.2. The lowest BCUT2D eigenvalue weighted by Gasteiger charge is -2.15. The van der Waals surface area contributed by atoms with Gasteiger partial charge >= 0.3 is 11.9 Å². The zero-order valence-corrected chi connectivity index (χ0v) is 29.5. The molecule has 0 rings (SSSR count). The van der Waals surface area contributed by atoms with E-state index in [1.54, 1.807) is 0 Å². The van der Waals surface area contributed by atoms with Gasteiger partial charge in [-0.25, -0.2) is 4.79 Å². The fourth-order valence-corrected chi connectivity index (χ4v) is 5.66. The van der Waals surface area contributed by atoms with Gasteiger partial charge in [0.2, 0.25) is 5.91 Å². The van der Waals surface area contributed by atoms with Crippen LogP contribution >= 0.6 is 0 Å². The van der Waals surface area contributed by atoms with E-state index in [0.717, 1.165) is 51.4 Å². The summed E-state index contributed by atoms with van der Waals surface area (Å²) >= 11 is 0. The van der Waals surface area contributed by atoms with Crippen LogP contribution in [0.3, 0.4) is 0 Å². The van der Waals surface area contributed by atoms with Crippen molar-refractivity contribution in [3.05, 3.63) is 12.2 Å². The Kier molecular flexibility index (Phi) is 32.1. The van der Waals surface area contributed by atoms with Gasteiger partial charge in [0.05, 0.1) is 0 Å². The average molecular weight is 637 g/mol. The maximum Gasteiger partial charge on any atom is 0.326 e. The molecule has 1 amide bonds. The van der Waals surface area contributed by atoms with Crippen LogP contribution in [-0.4, -0.2) is 41.6 Å². The number of carboxylic acid groups (broad SMARTS) is 1. The molecule has 4 N–H and O–H groups in total. The van der Waals surface area contributed by atoms with Crippen molar-refractivity contribution in [3.63, 3.8) is 0 Å². The van der Waals surface area contributed by atoms with Gasteiger partial charge in [-0.15, -0.1) is 0 Å². The lowest BCUT2D eigenvalue weighted by atomic mass is 10.0. The van der Waals surface area contributed by atoms with E-state index in [4.69, 9.17) is 10.5 Å². The number of aliphatic carboxylic acids is 1. The van der Waals surface area contributed by atoms with Crippen molar-refractivity contribution in [2.24, 2.45) is 5.73 Å². The van der Waals surface area contributed by atoms with Gasteiger partial charge in [-0.1, -0.05) is 142 Å². The van der Waals surface area contributed by atoms with Crippen molar-refractivity contribution in [3.8, 4) is 0 Å². The molecule has 0 aromatic rings. The number of nitrogens with two attached hydrogens (primary N) is 1. The third-order valence-corrected chi connectivity index (χ3v) is 8.55. The molecule has 0 saturated carbocycles. The quantitative estimate of drug-likeness (QED) is 0.0367. The zero-order valence-electron chi connectivity index (χ0n) is 29.5. The van der Waals surface area contributed by atoms with E-state index in [0.29, 0.717) is 38.6 Å². The summed E-state index contributed by atoms with van der Waals surface area (Å²) in [4.78, 5) is 35.9. The third kappa shape index (κ3) is 30.5. The van der Waals surface area contributed by atoms with Crippen LogP contribution in [0.4, 0.5) is 0 Å². The highest BCUT2D eigenvalue weighted by Crippen LogP contribution is 2.16.